The fraction of sp³-hybridized carbons (Fsp3) is 0.435. The summed E-state index contributed by atoms with van der Waals surface area (Å²) in [6.45, 7) is 16.4. The Morgan fingerprint density at radius 3 is 2.00 bits per heavy atom. The first-order valence-corrected chi connectivity index (χ1v) is 9.17. The van der Waals surface area contributed by atoms with Gasteiger partial charge < -0.3 is 0 Å². The predicted molar refractivity (Wildman–Crippen MR) is 112 cm³/mol. The number of halogens is 3. The van der Waals surface area contributed by atoms with Gasteiger partial charge in [0.2, 0.25) is 0 Å². The second-order valence-corrected chi connectivity index (χ2v) is 6.50. The second kappa shape index (κ2) is 11.6. The third-order valence-electron chi connectivity index (χ3n) is 4.24. The molecule has 0 unspecified atom stereocenters. The van der Waals surface area contributed by atoms with Crippen LogP contribution in [-0.2, 0) is 0 Å². The summed E-state index contributed by atoms with van der Waals surface area (Å²) < 4.78 is 41.7. The number of nitrogens with zero attached hydrogens (tertiary/aromatic N) is 1. The molecule has 0 aliphatic heterocycles. The zero-order chi connectivity index (χ0) is 21.2. The monoisotopic (exact) mass is 379 g/mol. The predicted octanol–water partition coefficient (Wildman–Crippen LogP) is 8.05. The lowest BCUT2D eigenvalue weighted by Crippen LogP contribution is -2.16. The van der Waals surface area contributed by atoms with E-state index in [1.165, 1.54) is 6.08 Å². The van der Waals surface area contributed by atoms with Crippen molar-refractivity contribution in [3.63, 3.8) is 0 Å². The van der Waals surface area contributed by atoms with Crippen LogP contribution in [0.3, 0.4) is 0 Å². The fourth-order valence-corrected chi connectivity index (χ4v) is 2.24. The molecule has 0 aliphatic rings. The van der Waals surface area contributed by atoms with Gasteiger partial charge in [-0.25, -0.2) is 0 Å². The number of hydrogen-bond acceptors (Lipinski definition) is 1. The zero-order valence-corrected chi connectivity index (χ0v) is 17.6. The summed E-state index contributed by atoms with van der Waals surface area (Å²) in [7, 11) is 0. The molecule has 0 aromatic rings. The zero-order valence-electron chi connectivity index (χ0n) is 17.6. The van der Waals surface area contributed by atoms with Gasteiger partial charge in [0.25, 0.3) is 0 Å². The van der Waals surface area contributed by atoms with Crippen LogP contribution in [0, 0.1) is 0 Å². The van der Waals surface area contributed by atoms with E-state index in [0.29, 0.717) is 22.4 Å². The Morgan fingerprint density at radius 1 is 1.00 bits per heavy atom. The van der Waals surface area contributed by atoms with Crippen molar-refractivity contribution in [3.05, 3.63) is 70.5 Å². The van der Waals surface area contributed by atoms with E-state index >= 15 is 0 Å². The molecule has 0 saturated carbocycles. The van der Waals surface area contributed by atoms with Gasteiger partial charge in [0.1, 0.15) is 0 Å². The molecule has 0 spiro atoms. The van der Waals surface area contributed by atoms with E-state index in [4.69, 9.17) is 0 Å². The van der Waals surface area contributed by atoms with Gasteiger partial charge in [-0.05, 0) is 70.3 Å². The molecule has 1 nitrogen and oxygen atoms in total. The molecule has 27 heavy (non-hydrogen) atoms. The van der Waals surface area contributed by atoms with Crippen LogP contribution in [0.1, 0.15) is 61.3 Å². The third-order valence-corrected chi connectivity index (χ3v) is 4.24. The van der Waals surface area contributed by atoms with Gasteiger partial charge in [-0.3, -0.25) is 4.99 Å². The highest BCUT2D eigenvalue weighted by Gasteiger charge is 2.35. The Labute approximate surface area is 162 Å². The molecule has 0 aromatic carbocycles. The Kier molecular flexibility index (Phi) is 10.7. The highest BCUT2D eigenvalue weighted by molar-refractivity contribution is 6.03. The first-order valence-electron chi connectivity index (χ1n) is 9.17. The quantitative estimate of drug-likeness (QED) is 0.299. The van der Waals surface area contributed by atoms with Gasteiger partial charge in [0.05, 0.1) is 5.57 Å². The third kappa shape index (κ3) is 8.42. The molecule has 0 heterocycles. The minimum Gasteiger partial charge on any atom is -0.261 e. The van der Waals surface area contributed by atoms with Crippen molar-refractivity contribution in [1.82, 2.24) is 0 Å². The van der Waals surface area contributed by atoms with Crippen LogP contribution in [0.25, 0.3) is 0 Å². The molecule has 0 atom stereocenters. The second-order valence-electron chi connectivity index (χ2n) is 6.50. The van der Waals surface area contributed by atoms with Crippen LogP contribution in [-0.4, -0.2) is 11.9 Å². The summed E-state index contributed by atoms with van der Waals surface area (Å²) in [6, 6.07) is 0. The van der Waals surface area contributed by atoms with Crippen molar-refractivity contribution in [2.75, 3.05) is 0 Å². The molecule has 0 aliphatic carbocycles. The molecule has 4 heteroatoms. The number of alkyl halides is 3. The van der Waals surface area contributed by atoms with E-state index < -0.39 is 11.7 Å². The van der Waals surface area contributed by atoms with E-state index in [-0.39, 0.29) is 12.0 Å². The van der Waals surface area contributed by atoms with Gasteiger partial charge in [-0.2, -0.15) is 13.2 Å². The molecule has 150 valence electrons. The van der Waals surface area contributed by atoms with Crippen LogP contribution in [0.4, 0.5) is 13.2 Å². The molecule has 0 aromatic heterocycles. The van der Waals surface area contributed by atoms with Crippen molar-refractivity contribution in [2.45, 2.75) is 67.5 Å². The minimum absolute atomic E-state index is 0.231. The van der Waals surface area contributed by atoms with E-state index in [9.17, 15) is 13.2 Å². The van der Waals surface area contributed by atoms with Crippen LogP contribution in [0.5, 0.6) is 0 Å². The Bertz CT molecular complexity index is 708. The number of allylic oxidation sites excluding steroid dienone is 10. The summed E-state index contributed by atoms with van der Waals surface area (Å²) in [5.41, 5.74) is 2.84. The van der Waals surface area contributed by atoms with Gasteiger partial charge in [0, 0.05) is 11.9 Å². The average Bonchev–Trinajstić information content (AvgIpc) is 2.59. The molecule has 0 saturated heterocycles. The molecule has 0 radical (unpaired) electrons. The number of rotatable bonds is 8. The van der Waals surface area contributed by atoms with Crippen LogP contribution in [0.15, 0.2) is 75.5 Å². The highest BCUT2D eigenvalue weighted by atomic mass is 19.4. The summed E-state index contributed by atoms with van der Waals surface area (Å²) in [5, 5.41) is 0. The molecule has 0 rings (SSSR count). The highest BCUT2D eigenvalue weighted by Crippen LogP contribution is 2.35. The summed E-state index contributed by atoms with van der Waals surface area (Å²) in [6.07, 6.45) is 4.75. The first kappa shape index (κ1) is 24.9. The maximum atomic E-state index is 13.9. The Morgan fingerprint density at radius 2 is 1.59 bits per heavy atom. The normalized spacial score (nSPS) is 16.1. The van der Waals surface area contributed by atoms with Crippen LogP contribution >= 0.6 is 0 Å². The van der Waals surface area contributed by atoms with Crippen molar-refractivity contribution in [1.29, 1.82) is 0 Å². The summed E-state index contributed by atoms with van der Waals surface area (Å²) >= 11 is 0. The van der Waals surface area contributed by atoms with Gasteiger partial charge in [-0.15, -0.1) is 0 Å². The smallest absolute Gasteiger partial charge is 0.261 e. The van der Waals surface area contributed by atoms with Crippen LogP contribution < -0.4 is 0 Å². The SMILES string of the molecule is C=C(C)\C(C)=C/C(=C(CC)/C(=C/C=C(/C)CC)C(/C)=N/C=C\C)C(F)(F)F. The molecule has 0 amide bonds. The minimum atomic E-state index is -4.47. The molecule has 0 fully saturated rings. The standard InChI is InChI=1S/C23H32F3N/c1-9-14-27-19(8)21(13-12-17(6)10-2)20(11-3)22(23(24,25)26)15-18(7)16(4)5/h9,12-15H,4,10-11H2,1-3,5-8H3/b14-9-,17-12-,18-15-,21-13+,22-20-,27-19+. The van der Waals surface area contributed by atoms with Crippen molar-refractivity contribution < 1.29 is 13.2 Å². The van der Waals surface area contributed by atoms with Crippen molar-refractivity contribution in [2.24, 2.45) is 4.99 Å². The maximum Gasteiger partial charge on any atom is 0.416 e. The topological polar surface area (TPSA) is 12.4 Å². The molecular weight excluding hydrogens is 347 g/mol. The van der Waals surface area contributed by atoms with E-state index in [1.807, 2.05) is 26.8 Å². The van der Waals surface area contributed by atoms with Gasteiger partial charge >= 0.3 is 6.18 Å². The van der Waals surface area contributed by atoms with Crippen LogP contribution in [0.2, 0.25) is 0 Å². The number of hydrogen-bond donors (Lipinski definition) is 0. The Hall–Kier alpha value is -2.10. The van der Waals surface area contributed by atoms with E-state index in [2.05, 4.69) is 11.6 Å². The van der Waals surface area contributed by atoms with Crippen molar-refractivity contribution >= 4 is 5.71 Å². The lowest BCUT2D eigenvalue weighted by atomic mass is 9.91. The summed E-state index contributed by atoms with van der Waals surface area (Å²) in [4.78, 5) is 4.29. The average molecular weight is 380 g/mol. The largest absolute Gasteiger partial charge is 0.416 e. The summed E-state index contributed by atoms with van der Waals surface area (Å²) in [5.74, 6) is 0. The first-order chi connectivity index (χ1) is 12.5. The lowest BCUT2D eigenvalue weighted by molar-refractivity contribution is -0.0890. The lowest BCUT2D eigenvalue weighted by Gasteiger charge is -2.18. The van der Waals surface area contributed by atoms with E-state index in [0.717, 1.165) is 12.0 Å². The molecule has 0 bridgehead atoms. The number of aliphatic imine (C=N–C) groups is 1. The van der Waals surface area contributed by atoms with Gasteiger partial charge in [-0.1, -0.05) is 49.8 Å². The fourth-order valence-electron chi connectivity index (χ4n) is 2.24. The Balaban J connectivity index is 6.92. The van der Waals surface area contributed by atoms with Crippen molar-refractivity contribution in [3.8, 4) is 0 Å². The molecule has 0 N–H and O–H groups in total. The maximum absolute atomic E-state index is 13.9. The molecular formula is C23H32F3N. The van der Waals surface area contributed by atoms with E-state index in [1.54, 1.807) is 46.0 Å². The van der Waals surface area contributed by atoms with Gasteiger partial charge in [0.15, 0.2) is 0 Å².